The number of rotatable bonds is 5. The first kappa shape index (κ1) is 16.9. The highest BCUT2D eigenvalue weighted by Gasteiger charge is 2.28. The molecule has 0 amide bonds. The minimum absolute atomic E-state index is 0.410. The molecule has 1 aromatic rings. The van der Waals surface area contributed by atoms with Crippen LogP contribution >= 0.6 is 15.9 Å². The summed E-state index contributed by atoms with van der Waals surface area (Å²) in [5, 5.41) is 3.32. The van der Waals surface area contributed by atoms with E-state index in [1.165, 1.54) is 0 Å². The summed E-state index contributed by atoms with van der Waals surface area (Å²) < 4.78 is 28.2. The number of halogens is 1. The Balaban J connectivity index is 2.24. The molecule has 0 aromatic heterocycles. The van der Waals surface area contributed by atoms with Crippen LogP contribution in [0.15, 0.2) is 27.6 Å². The molecular formula is C15H23BrN2O2S. The number of hydrogen-bond acceptors (Lipinski definition) is 3. The number of benzene rings is 1. The smallest absolute Gasteiger partial charge is 0.243 e. The van der Waals surface area contributed by atoms with Crippen LogP contribution in [0.2, 0.25) is 0 Å². The van der Waals surface area contributed by atoms with Gasteiger partial charge in [0.15, 0.2) is 0 Å². The molecule has 1 heterocycles. The molecule has 118 valence electrons. The molecule has 0 spiro atoms. The maximum Gasteiger partial charge on any atom is 0.243 e. The predicted octanol–water partition coefficient (Wildman–Crippen LogP) is 2.77. The van der Waals surface area contributed by atoms with Gasteiger partial charge in [0, 0.05) is 17.6 Å². The summed E-state index contributed by atoms with van der Waals surface area (Å²) in [6.07, 6.45) is 2.09. The first-order chi connectivity index (χ1) is 9.95. The Labute approximate surface area is 136 Å². The topological polar surface area (TPSA) is 49.4 Å². The highest BCUT2D eigenvalue weighted by Crippen LogP contribution is 2.25. The first-order valence-corrected chi connectivity index (χ1v) is 9.65. The van der Waals surface area contributed by atoms with Gasteiger partial charge in [-0.25, -0.2) is 8.42 Å². The lowest BCUT2D eigenvalue weighted by Crippen LogP contribution is -2.39. The molecule has 6 heteroatoms. The van der Waals surface area contributed by atoms with E-state index in [9.17, 15) is 8.42 Å². The van der Waals surface area contributed by atoms with Crippen LogP contribution in [0.25, 0.3) is 0 Å². The van der Waals surface area contributed by atoms with Gasteiger partial charge in [0.05, 0.1) is 4.90 Å². The molecule has 0 unspecified atom stereocenters. The van der Waals surface area contributed by atoms with Crippen molar-refractivity contribution in [2.24, 2.45) is 5.92 Å². The number of sulfonamides is 1. The second-order valence-electron chi connectivity index (χ2n) is 5.56. The standard InChI is InChI=1S/C15H23BrN2O2S/c1-3-18(11-13-6-8-17-9-7-13)21(19,20)15-10-14(16)5-4-12(15)2/h4-5,10,13,17H,3,6-9,11H2,1-2H3. The summed E-state index contributed by atoms with van der Waals surface area (Å²) >= 11 is 3.37. The third-order valence-corrected chi connectivity index (χ3v) is 6.62. The molecule has 4 nitrogen and oxygen atoms in total. The Hall–Kier alpha value is -0.430. The van der Waals surface area contributed by atoms with Gasteiger partial charge in [-0.1, -0.05) is 28.9 Å². The van der Waals surface area contributed by atoms with E-state index in [4.69, 9.17) is 0 Å². The summed E-state index contributed by atoms with van der Waals surface area (Å²) in [4.78, 5) is 0.410. The van der Waals surface area contributed by atoms with Crippen LogP contribution in [-0.4, -0.2) is 38.9 Å². The SMILES string of the molecule is CCN(CC1CCNCC1)S(=O)(=O)c1cc(Br)ccc1C. The van der Waals surface area contributed by atoms with Crippen LogP contribution in [0.3, 0.4) is 0 Å². The van der Waals surface area contributed by atoms with Gasteiger partial charge in [0.25, 0.3) is 0 Å². The van der Waals surface area contributed by atoms with Gasteiger partial charge in [0.2, 0.25) is 10.0 Å². The summed E-state index contributed by atoms with van der Waals surface area (Å²) in [7, 11) is -3.42. The fourth-order valence-electron chi connectivity index (χ4n) is 2.74. The molecule has 0 radical (unpaired) electrons. The lowest BCUT2D eigenvalue weighted by Gasteiger charge is -2.29. The number of nitrogens with one attached hydrogen (secondary N) is 1. The Bertz CT molecular complexity index is 583. The average molecular weight is 375 g/mol. The van der Waals surface area contributed by atoms with Crippen molar-refractivity contribution >= 4 is 26.0 Å². The van der Waals surface area contributed by atoms with Crippen molar-refractivity contribution in [3.63, 3.8) is 0 Å². The van der Waals surface area contributed by atoms with E-state index in [1.54, 1.807) is 10.4 Å². The van der Waals surface area contributed by atoms with E-state index in [0.29, 0.717) is 23.9 Å². The monoisotopic (exact) mass is 374 g/mol. The van der Waals surface area contributed by atoms with Crippen molar-refractivity contribution < 1.29 is 8.42 Å². The summed E-state index contributed by atoms with van der Waals surface area (Å²) in [5.41, 5.74) is 0.793. The lowest BCUT2D eigenvalue weighted by molar-refractivity contribution is 0.294. The molecule has 0 bridgehead atoms. The van der Waals surface area contributed by atoms with Crippen LogP contribution in [-0.2, 0) is 10.0 Å². The fraction of sp³-hybridized carbons (Fsp3) is 0.600. The van der Waals surface area contributed by atoms with Crippen molar-refractivity contribution in [3.05, 3.63) is 28.2 Å². The van der Waals surface area contributed by atoms with Crippen molar-refractivity contribution in [2.75, 3.05) is 26.2 Å². The fourth-order valence-corrected chi connectivity index (χ4v) is 5.03. The molecule has 1 aromatic carbocycles. The Morgan fingerprint density at radius 3 is 2.62 bits per heavy atom. The van der Waals surface area contributed by atoms with Gasteiger partial charge < -0.3 is 5.32 Å². The van der Waals surface area contributed by atoms with Crippen LogP contribution < -0.4 is 5.32 Å². The molecule has 21 heavy (non-hydrogen) atoms. The van der Waals surface area contributed by atoms with E-state index in [-0.39, 0.29) is 0 Å². The molecule has 1 N–H and O–H groups in total. The van der Waals surface area contributed by atoms with Gasteiger partial charge >= 0.3 is 0 Å². The number of piperidine rings is 1. The summed E-state index contributed by atoms with van der Waals surface area (Å²) in [6, 6.07) is 5.42. The summed E-state index contributed by atoms with van der Waals surface area (Å²) in [6.45, 7) is 6.85. The molecule has 1 aliphatic heterocycles. The van der Waals surface area contributed by atoms with Crippen molar-refractivity contribution in [3.8, 4) is 0 Å². The zero-order valence-electron chi connectivity index (χ0n) is 12.6. The normalized spacial score (nSPS) is 17.3. The maximum absolute atomic E-state index is 12.9. The lowest BCUT2D eigenvalue weighted by atomic mass is 9.98. The third-order valence-electron chi connectivity index (χ3n) is 4.04. The van der Waals surface area contributed by atoms with E-state index in [2.05, 4.69) is 21.2 Å². The molecule has 1 saturated heterocycles. The van der Waals surface area contributed by atoms with E-state index >= 15 is 0 Å². The second kappa shape index (κ2) is 7.22. The average Bonchev–Trinajstić information content (AvgIpc) is 2.48. The number of nitrogens with zero attached hydrogens (tertiary/aromatic N) is 1. The van der Waals surface area contributed by atoms with Crippen molar-refractivity contribution in [2.45, 2.75) is 31.6 Å². The van der Waals surface area contributed by atoms with Crippen molar-refractivity contribution in [1.29, 1.82) is 0 Å². The van der Waals surface area contributed by atoms with E-state index in [1.807, 2.05) is 26.0 Å². The van der Waals surface area contributed by atoms with E-state index < -0.39 is 10.0 Å². The maximum atomic E-state index is 12.9. The largest absolute Gasteiger partial charge is 0.317 e. The molecule has 1 aliphatic rings. The van der Waals surface area contributed by atoms with Crippen LogP contribution in [0.1, 0.15) is 25.3 Å². The number of aryl methyl sites for hydroxylation is 1. The highest BCUT2D eigenvalue weighted by atomic mass is 79.9. The quantitative estimate of drug-likeness (QED) is 0.861. The summed E-state index contributed by atoms with van der Waals surface area (Å²) in [5.74, 6) is 0.452. The van der Waals surface area contributed by atoms with Gasteiger partial charge in [0.1, 0.15) is 0 Å². The van der Waals surface area contributed by atoms with Crippen LogP contribution in [0.4, 0.5) is 0 Å². The molecule has 0 saturated carbocycles. The molecule has 1 fully saturated rings. The van der Waals surface area contributed by atoms with Gasteiger partial charge in [-0.2, -0.15) is 4.31 Å². The Morgan fingerprint density at radius 1 is 1.33 bits per heavy atom. The molecule has 2 rings (SSSR count). The Morgan fingerprint density at radius 2 is 2.00 bits per heavy atom. The predicted molar refractivity (Wildman–Crippen MR) is 88.9 cm³/mol. The molecule has 0 aliphatic carbocycles. The van der Waals surface area contributed by atoms with Gasteiger partial charge in [-0.3, -0.25) is 0 Å². The van der Waals surface area contributed by atoms with E-state index in [0.717, 1.165) is 36.0 Å². The van der Waals surface area contributed by atoms with Crippen LogP contribution in [0, 0.1) is 12.8 Å². The minimum atomic E-state index is -3.42. The highest BCUT2D eigenvalue weighted by molar-refractivity contribution is 9.10. The first-order valence-electron chi connectivity index (χ1n) is 7.42. The molecule has 0 atom stereocenters. The zero-order valence-corrected chi connectivity index (χ0v) is 15.0. The van der Waals surface area contributed by atoms with Gasteiger partial charge in [-0.05, 0) is 56.5 Å². The zero-order chi connectivity index (χ0) is 15.5. The van der Waals surface area contributed by atoms with Crippen LogP contribution in [0.5, 0.6) is 0 Å². The molecular weight excluding hydrogens is 352 g/mol. The second-order valence-corrected chi connectivity index (χ2v) is 8.38. The Kier molecular flexibility index (Phi) is 5.82. The van der Waals surface area contributed by atoms with Gasteiger partial charge in [-0.15, -0.1) is 0 Å². The third kappa shape index (κ3) is 4.06. The minimum Gasteiger partial charge on any atom is -0.317 e. The van der Waals surface area contributed by atoms with Crippen molar-refractivity contribution in [1.82, 2.24) is 9.62 Å². The number of hydrogen-bond donors (Lipinski definition) is 1.